The lowest BCUT2D eigenvalue weighted by atomic mass is 10.1. The van der Waals surface area contributed by atoms with E-state index in [9.17, 15) is 0 Å². The zero-order valence-corrected chi connectivity index (χ0v) is 16.6. The fraction of sp³-hybridized carbons (Fsp3) is 0.238. The Hall–Kier alpha value is -1.58. The molecule has 0 radical (unpaired) electrons. The van der Waals surface area contributed by atoms with Crippen LogP contribution < -0.4 is 35.9 Å². The predicted molar refractivity (Wildman–Crippen MR) is 100 cm³/mol. The van der Waals surface area contributed by atoms with Gasteiger partial charge < -0.3 is 35.9 Å². The standard InChI is InChI=1S/C12H17N.C9H11N.2ClH/c1-3-9-13-10-12-7-5-11(4-2)6-8-12;1-2-8-3-5-9(7-10)6-4-8;;/h4-8,13H,2-3,9-10H2,1H3;2-6H,1,7,10H2;2*1H. The van der Waals surface area contributed by atoms with Crippen LogP contribution in [0.4, 0.5) is 0 Å². The summed E-state index contributed by atoms with van der Waals surface area (Å²) in [4.78, 5) is 0. The first kappa shape index (κ1) is 25.7. The molecule has 2 nitrogen and oxygen atoms in total. The molecule has 25 heavy (non-hydrogen) atoms. The zero-order valence-electron chi connectivity index (χ0n) is 15.1. The molecule has 0 saturated carbocycles. The molecule has 2 rings (SSSR count). The second kappa shape index (κ2) is 15.9. The van der Waals surface area contributed by atoms with Crippen molar-refractivity contribution in [3.63, 3.8) is 0 Å². The van der Waals surface area contributed by atoms with Gasteiger partial charge in [0.15, 0.2) is 0 Å². The van der Waals surface area contributed by atoms with Crippen LogP contribution in [-0.2, 0) is 13.1 Å². The van der Waals surface area contributed by atoms with Crippen molar-refractivity contribution < 1.29 is 35.9 Å². The van der Waals surface area contributed by atoms with Crippen LogP contribution in [0.2, 0.25) is 0 Å². The maximum atomic E-state index is 3.79. The topological polar surface area (TPSA) is 44.2 Å². The second-order valence-corrected chi connectivity index (χ2v) is 5.42. The highest BCUT2D eigenvalue weighted by molar-refractivity contribution is 5.47. The Bertz CT molecular complexity index is 578. The summed E-state index contributed by atoms with van der Waals surface area (Å²) in [5.74, 6) is 0. The van der Waals surface area contributed by atoms with Gasteiger partial charge in [0, 0.05) is 11.1 Å². The van der Waals surface area contributed by atoms with Crippen molar-refractivity contribution in [2.45, 2.75) is 26.4 Å². The number of benzene rings is 2. The lowest BCUT2D eigenvalue weighted by molar-refractivity contribution is -0.670. The Morgan fingerprint density at radius 1 is 0.840 bits per heavy atom. The quantitative estimate of drug-likeness (QED) is 0.477. The SMILES string of the molecule is C=Cc1ccc(C[NH2+]CCC)cc1.C=Cc1ccc(C[NH3+])cc1.[Cl-].[Cl-]. The van der Waals surface area contributed by atoms with E-state index in [0.717, 1.165) is 18.7 Å². The molecule has 0 spiro atoms. The average molecular weight is 381 g/mol. The van der Waals surface area contributed by atoms with Gasteiger partial charge in [-0.1, -0.05) is 80.8 Å². The molecule has 0 heterocycles. The summed E-state index contributed by atoms with van der Waals surface area (Å²) in [5.41, 5.74) is 8.80. The first-order valence-electron chi connectivity index (χ1n) is 8.27. The third-order valence-corrected chi connectivity index (χ3v) is 3.59. The van der Waals surface area contributed by atoms with E-state index in [0.29, 0.717) is 0 Å². The molecule has 0 fully saturated rings. The minimum Gasteiger partial charge on any atom is -1.00 e. The lowest BCUT2D eigenvalue weighted by Crippen LogP contribution is -3.00. The van der Waals surface area contributed by atoms with E-state index in [4.69, 9.17) is 0 Å². The van der Waals surface area contributed by atoms with Crippen LogP contribution in [0.3, 0.4) is 0 Å². The highest BCUT2D eigenvalue weighted by atomic mass is 35.5. The number of nitrogens with two attached hydrogens (primary N) is 1. The second-order valence-electron chi connectivity index (χ2n) is 5.42. The largest absolute Gasteiger partial charge is 1.00 e. The molecule has 0 unspecified atom stereocenters. The summed E-state index contributed by atoms with van der Waals surface area (Å²) < 4.78 is 0. The summed E-state index contributed by atoms with van der Waals surface area (Å²) in [7, 11) is 0. The van der Waals surface area contributed by atoms with Crippen molar-refractivity contribution in [1.82, 2.24) is 0 Å². The Morgan fingerprint density at radius 3 is 1.64 bits per heavy atom. The number of rotatable bonds is 7. The fourth-order valence-corrected chi connectivity index (χ4v) is 2.08. The van der Waals surface area contributed by atoms with Gasteiger partial charge in [-0.25, -0.2) is 0 Å². The lowest BCUT2D eigenvalue weighted by Gasteiger charge is -2.00. The highest BCUT2D eigenvalue weighted by Crippen LogP contribution is 2.04. The number of quaternary nitrogens is 2. The van der Waals surface area contributed by atoms with Gasteiger partial charge in [-0.05, 0) is 17.5 Å². The highest BCUT2D eigenvalue weighted by Gasteiger charge is 1.93. The molecule has 0 aliphatic heterocycles. The summed E-state index contributed by atoms with van der Waals surface area (Å²) in [6.07, 6.45) is 4.96. The van der Waals surface area contributed by atoms with Crippen LogP contribution in [0.15, 0.2) is 61.7 Å². The van der Waals surface area contributed by atoms with Crippen molar-refractivity contribution in [3.05, 3.63) is 83.9 Å². The molecule has 0 atom stereocenters. The molecule has 138 valence electrons. The van der Waals surface area contributed by atoms with E-state index in [-0.39, 0.29) is 24.8 Å². The molecule has 0 saturated heterocycles. The van der Waals surface area contributed by atoms with Gasteiger partial charge in [-0.15, -0.1) is 0 Å². The molecule has 0 aliphatic carbocycles. The van der Waals surface area contributed by atoms with Gasteiger partial charge >= 0.3 is 0 Å². The molecular weight excluding hydrogens is 351 g/mol. The van der Waals surface area contributed by atoms with E-state index in [1.54, 1.807) is 0 Å². The third kappa shape index (κ3) is 10.8. The number of halogens is 2. The Morgan fingerprint density at radius 2 is 1.28 bits per heavy atom. The maximum Gasteiger partial charge on any atom is 0.101 e. The Labute approximate surface area is 165 Å². The molecule has 5 N–H and O–H groups in total. The van der Waals surface area contributed by atoms with Gasteiger partial charge in [0.2, 0.25) is 0 Å². The van der Waals surface area contributed by atoms with Crippen LogP contribution in [-0.4, -0.2) is 6.54 Å². The van der Waals surface area contributed by atoms with E-state index in [2.05, 4.69) is 67.5 Å². The number of hydrogen-bond acceptors (Lipinski definition) is 0. The van der Waals surface area contributed by atoms with Crippen LogP contribution >= 0.6 is 0 Å². The van der Waals surface area contributed by atoms with E-state index in [1.165, 1.54) is 29.7 Å². The van der Waals surface area contributed by atoms with Crippen molar-refractivity contribution in [3.8, 4) is 0 Å². The molecular formula is C21H30Cl2N2. The monoisotopic (exact) mass is 380 g/mol. The first-order valence-corrected chi connectivity index (χ1v) is 8.27. The van der Waals surface area contributed by atoms with Crippen molar-refractivity contribution in [1.29, 1.82) is 0 Å². The van der Waals surface area contributed by atoms with Crippen LogP contribution in [0.5, 0.6) is 0 Å². The maximum absolute atomic E-state index is 3.79. The minimum absolute atomic E-state index is 0. The fourth-order valence-electron chi connectivity index (χ4n) is 2.08. The third-order valence-electron chi connectivity index (χ3n) is 3.59. The van der Waals surface area contributed by atoms with Gasteiger partial charge in [0.1, 0.15) is 6.54 Å². The zero-order chi connectivity index (χ0) is 16.9. The van der Waals surface area contributed by atoms with Crippen LogP contribution in [0, 0.1) is 0 Å². The summed E-state index contributed by atoms with van der Waals surface area (Å²) in [6.45, 7) is 12.8. The Kier molecular flexibility index (Phi) is 16.3. The molecule has 0 amide bonds. The van der Waals surface area contributed by atoms with Crippen molar-refractivity contribution in [2.75, 3.05) is 6.54 Å². The molecule has 0 bridgehead atoms. The van der Waals surface area contributed by atoms with E-state index in [1.807, 2.05) is 24.3 Å². The molecule has 2 aromatic rings. The normalized spacial score (nSPS) is 8.88. The van der Waals surface area contributed by atoms with Crippen LogP contribution in [0.25, 0.3) is 12.2 Å². The van der Waals surface area contributed by atoms with Gasteiger partial charge in [0.05, 0.1) is 13.1 Å². The Balaban J connectivity index is 0. The smallest absolute Gasteiger partial charge is 0.101 e. The van der Waals surface area contributed by atoms with Gasteiger partial charge in [-0.2, -0.15) is 0 Å². The molecule has 0 aliphatic rings. The average Bonchev–Trinajstić information content (AvgIpc) is 2.63. The first-order chi connectivity index (χ1) is 11.2. The number of hydrogen-bond donors (Lipinski definition) is 2. The van der Waals surface area contributed by atoms with E-state index < -0.39 is 0 Å². The summed E-state index contributed by atoms with van der Waals surface area (Å²) in [5, 5.41) is 2.34. The molecule has 0 aromatic heterocycles. The van der Waals surface area contributed by atoms with Crippen molar-refractivity contribution in [2.24, 2.45) is 0 Å². The van der Waals surface area contributed by atoms with E-state index >= 15 is 0 Å². The minimum atomic E-state index is 0. The summed E-state index contributed by atoms with van der Waals surface area (Å²) >= 11 is 0. The van der Waals surface area contributed by atoms with Crippen LogP contribution in [0.1, 0.15) is 35.6 Å². The van der Waals surface area contributed by atoms with Gasteiger partial charge in [-0.3, -0.25) is 0 Å². The van der Waals surface area contributed by atoms with Gasteiger partial charge in [0.25, 0.3) is 0 Å². The summed E-state index contributed by atoms with van der Waals surface area (Å²) in [6, 6.07) is 16.8. The molecule has 4 heteroatoms. The predicted octanol–water partition coefficient (Wildman–Crippen LogP) is -3.12. The van der Waals surface area contributed by atoms with Crippen molar-refractivity contribution >= 4 is 12.2 Å². The molecule has 2 aromatic carbocycles.